The van der Waals surface area contributed by atoms with Crippen molar-refractivity contribution in [3.63, 3.8) is 0 Å². The third kappa shape index (κ3) is 5.64. The summed E-state index contributed by atoms with van der Waals surface area (Å²) in [7, 11) is 1.82. The molecule has 0 radical (unpaired) electrons. The van der Waals surface area contributed by atoms with Gasteiger partial charge in [-0.05, 0) is 19.8 Å². The van der Waals surface area contributed by atoms with Crippen LogP contribution in [0.4, 0.5) is 0 Å². The highest BCUT2D eigenvalue weighted by atomic mass is 127. The number of aliphatic imine (C=N–C) groups is 1. The molecule has 2 saturated heterocycles. The Morgan fingerprint density at radius 2 is 1.92 bits per heavy atom. The zero-order chi connectivity index (χ0) is 17.6. The number of nitrogens with zero attached hydrogens (tertiary/aromatic N) is 2. The van der Waals surface area contributed by atoms with E-state index >= 15 is 0 Å². The Balaban J connectivity index is 0.00000243. The van der Waals surface area contributed by atoms with Crippen LogP contribution in [0.1, 0.15) is 51.9 Å². The summed E-state index contributed by atoms with van der Waals surface area (Å²) in [5.41, 5.74) is -0.147. The number of hydrogen-bond donors (Lipinski definition) is 1. The van der Waals surface area contributed by atoms with Gasteiger partial charge < -0.3 is 19.7 Å². The van der Waals surface area contributed by atoms with Crippen molar-refractivity contribution in [1.29, 1.82) is 0 Å². The minimum absolute atomic E-state index is 0. The first-order chi connectivity index (χ1) is 12.2. The highest BCUT2D eigenvalue weighted by Crippen LogP contribution is 2.42. The van der Waals surface area contributed by atoms with Crippen molar-refractivity contribution in [3.05, 3.63) is 0 Å². The molecule has 1 aliphatic carbocycles. The summed E-state index contributed by atoms with van der Waals surface area (Å²) < 4.78 is 11.8. The molecular formula is C19H36IN3O2S. The zero-order valence-electron chi connectivity index (χ0n) is 16.4. The third-order valence-corrected chi connectivity index (χ3v) is 7.54. The Kier molecular flexibility index (Phi) is 9.30. The van der Waals surface area contributed by atoms with Crippen molar-refractivity contribution in [3.8, 4) is 0 Å². The molecule has 152 valence electrons. The van der Waals surface area contributed by atoms with Gasteiger partial charge >= 0.3 is 0 Å². The van der Waals surface area contributed by atoms with Crippen LogP contribution >= 0.6 is 35.7 Å². The number of ether oxygens (including phenoxy) is 2. The average Bonchev–Trinajstić information content (AvgIpc) is 2.66. The van der Waals surface area contributed by atoms with E-state index in [0.29, 0.717) is 4.75 Å². The van der Waals surface area contributed by atoms with Gasteiger partial charge in [0.1, 0.15) is 0 Å². The van der Waals surface area contributed by atoms with E-state index in [1.165, 1.54) is 37.9 Å². The molecular weight excluding hydrogens is 461 g/mol. The van der Waals surface area contributed by atoms with Crippen molar-refractivity contribution >= 4 is 41.7 Å². The summed E-state index contributed by atoms with van der Waals surface area (Å²) in [5.74, 6) is 2.30. The maximum Gasteiger partial charge on any atom is 0.194 e. The second kappa shape index (κ2) is 10.7. The van der Waals surface area contributed by atoms with Crippen LogP contribution in [0.3, 0.4) is 0 Å². The van der Waals surface area contributed by atoms with Gasteiger partial charge in [-0.25, -0.2) is 0 Å². The molecule has 0 atom stereocenters. The van der Waals surface area contributed by atoms with Crippen LogP contribution in [-0.4, -0.2) is 73.5 Å². The fourth-order valence-corrected chi connectivity index (χ4v) is 5.91. The number of halogens is 1. The first kappa shape index (κ1) is 22.6. The van der Waals surface area contributed by atoms with Crippen LogP contribution in [0, 0.1) is 0 Å². The minimum Gasteiger partial charge on any atom is -0.381 e. The summed E-state index contributed by atoms with van der Waals surface area (Å²) in [5, 5.41) is 3.54. The molecule has 5 nitrogen and oxygen atoms in total. The van der Waals surface area contributed by atoms with Gasteiger partial charge in [-0.1, -0.05) is 19.3 Å². The van der Waals surface area contributed by atoms with Gasteiger partial charge in [0.15, 0.2) is 5.96 Å². The predicted molar refractivity (Wildman–Crippen MR) is 121 cm³/mol. The molecule has 0 aromatic carbocycles. The molecule has 7 heteroatoms. The molecule has 26 heavy (non-hydrogen) atoms. The number of rotatable bonds is 4. The molecule has 2 heterocycles. The van der Waals surface area contributed by atoms with Gasteiger partial charge in [-0.15, -0.1) is 24.0 Å². The lowest BCUT2D eigenvalue weighted by molar-refractivity contribution is -0.0829. The maximum atomic E-state index is 5.87. The Morgan fingerprint density at radius 3 is 2.58 bits per heavy atom. The van der Waals surface area contributed by atoms with Crippen LogP contribution < -0.4 is 5.32 Å². The highest BCUT2D eigenvalue weighted by molar-refractivity contribution is 14.0. The van der Waals surface area contributed by atoms with Crippen molar-refractivity contribution in [2.75, 3.05) is 52.3 Å². The molecule has 1 spiro atoms. The van der Waals surface area contributed by atoms with Gasteiger partial charge in [-0.2, -0.15) is 11.8 Å². The molecule has 3 aliphatic rings. The normalized spacial score (nSPS) is 25.6. The highest BCUT2D eigenvalue weighted by Gasteiger charge is 2.38. The number of hydrogen-bond acceptors (Lipinski definition) is 4. The van der Waals surface area contributed by atoms with Gasteiger partial charge in [0.2, 0.25) is 0 Å². The molecule has 1 saturated carbocycles. The van der Waals surface area contributed by atoms with E-state index in [1.807, 2.05) is 7.11 Å². The number of methoxy groups -OCH3 is 1. The van der Waals surface area contributed by atoms with E-state index in [-0.39, 0.29) is 29.6 Å². The lowest BCUT2D eigenvalue weighted by Crippen LogP contribution is -2.54. The minimum atomic E-state index is -0.147. The second-order valence-corrected chi connectivity index (χ2v) is 9.25. The van der Waals surface area contributed by atoms with E-state index in [1.54, 1.807) is 0 Å². The molecule has 0 aromatic heterocycles. The summed E-state index contributed by atoms with van der Waals surface area (Å²) in [6, 6.07) is 0. The molecule has 0 bridgehead atoms. The molecule has 0 aromatic rings. The first-order valence-corrected chi connectivity index (χ1v) is 11.0. The van der Waals surface area contributed by atoms with E-state index in [2.05, 4.69) is 28.9 Å². The van der Waals surface area contributed by atoms with Gasteiger partial charge in [0, 0.05) is 63.3 Å². The van der Waals surface area contributed by atoms with E-state index in [0.717, 1.165) is 58.2 Å². The summed E-state index contributed by atoms with van der Waals surface area (Å²) in [6.45, 7) is 7.61. The van der Waals surface area contributed by atoms with Crippen molar-refractivity contribution in [1.82, 2.24) is 10.2 Å². The monoisotopic (exact) mass is 497 g/mol. The van der Waals surface area contributed by atoms with Crippen molar-refractivity contribution in [2.45, 2.75) is 62.2 Å². The third-order valence-electron chi connectivity index (χ3n) is 6.00. The smallest absolute Gasteiger partial charge is 0.194 e. The van der Waals surface area contributed by atoms with Crippen LogP contribution in [0.5, 0.6) is 0 Å². The van der Waals surface area contributed by atoms with E-state index in [4.69, 9.17) is 14.5 Å². The molecule has 3 fully saturated rings. The average molecular weight is 497 g/mol. The van der Waals surface area contributed by atoms with Crippen LogP contribution in [-0.2, 0) is 9.47 Å². The summed E-state index contributed by atoms with van der Waals surface area (Å²) in [4.78, 5) is 7.53. The molecule has 0 unspecified atom stereocenters. The van der Waals surface area contributed by atoms with E-state index < -0.39 is 0 Å². The van der Waals surface area contributed by atoms with Crippen molar-refractivity contribution in [2.24, 2.45) is 4.99 Å². The molecule has 0 amide bonds. The van der Waals surface area contributed by atoms with Crippen molar-refractivity contribution < 1.29 is 9.47 Å². The first-order valence-electron chi connectivity index (χ1n) is 10.0. The summed E-state index contributed by atoms with van der Waals surface area (Å²) in [6.07, 6.45) is 8.80. The largest absolute Gasteiger partial charge is 0.381 e. The Bertz CT molecular complexity index is 447. The van der Waals surface area contributed by atoms with Crippen LogP contribution in [0.2, 0.25) is 0 Å². The quantitative estimate of drug-likeness (QED) is 0.366. The lowest BCUT2D eigenvalue weighted by Gasteiger charge is -2.45. The van der Waals surface area contributed by atoms with Crippen LogP contribution in [0.25, 0.3) is 0 Å². The number of guanidine groups is 1. The fraction of sp³-hybridized carbons (Fsp3) is 0.947. The second-order valence-electron chi connectivity index (χ2n) is 7.68. The van der Waals surface area contributed by atoms with Gasteiger partial charge in [-0.3, -0.25) is 4.99 Å². The number of nitrogens with one attached hydrogen (secondary N) is 1. The molecule has 1 N–H and O–H groups in total. The standard InChI is InChI=1S/C19H35N3O2S.HI/c1-3-20-17(21-15-18(23-2)9-12-24-13-10-18)22-11-14-25-19(16-22)7-5-4-6-8-19;/h3-16H2,1-2H3,(H,20,21);1H. The topological polar surface area (TPSA) is 46.1 Å². The molecule has 3 rings (SSSR count). The van der Waals surface area contributed by atoms with Gasteiger partial charge in [0.25, 0.3) is 0 Å². The maximum absolute atomic E-state index is 5.87. The lowest BCUT2D eigenvalue weighted by atomic mass is 9.87. The fourth-order valence-electron chi connectivity index (χ4n) is 4.34. The Labute approximate surface area is 180 Å². The Morgan fingerprint density at radius 1 is 1.19 bits per heavy atom. The van der Waals surface area contributed by atoms with Gasteiger partial charge in [0.05, 0.1) is 12.1 Å². The van der Waals surface area contributed by atoms with Crippen LogP contribution in [0.15, 0.2) is 4.99 Å². The van der Waals surface area contributed by atoms with E-state index in [9.17, 15) is 0 Å². The molecule has 2 aliphatic heterocycles. The Hall–Kier alpha value is 0.270. The summed E-state index contributed by atoms with van der Waals surface area (Å²) >= 11 is 2.21. The zero-order valence-corrected chi connectivity index (χ0v) is 19.6. The number of thioether (sulfide) groups is 1. The SMILES string of the molecule is CCNC(=NCC1(OC)CCOCC1)N1CCSC2(CCCCC2)C1.I. The predicted octanol–water partition coefficient (Wildman–Crippen LogP) is 3.52.